The average Bonchev–Trinajstić information content (AvgIpc) is 2.74. The number of carbonyl (C=O) groups is 1. The molecular weight excluding hydrogens is 194 g/mol. The number of carbonyl (C=O) groups excluding carboxylic acids is 1. The summed E-state index contributed by atoms with van der Waals surface area (Å²) in [6.07, 6.45) is 3.33. The predicted octanol–water partition coefficient (Wildman–Crippen LogP) is 1.12. The summed E-state index contributed by atoms with van der Waals surface area (Å²) >= 11 is 0. The van der Waals surface area contributed by atoms with E-state index < -0.39 is 0 Å². The highest BCUT2D eigenvalue weighted by Gasteiger charge is 2.27. The molecule has 1 amide bonds. The lowest BCUT2D eigenvalue weighted by Crippen LogP contribution is -2.44. The van der Waals surface area contributed by atoms with E-state index in [1.807, 2.05) is 6.92 Å². The maximum absolute atomic E-state index is 11.9. The Hall–Kier alpha value is -1.29. The van der Waals surface area contributed by atoms with Gasteiger partial charge in [0.05, 0.1) is 17.9 Å². The summed E-state index contributed by atoms with van der Waals surface area (Å²) < 4.78 is 4.88. The molecule has 4 nitrogen and oxygen atoms in total. The molecular formula is C11H15NO3. The van der Waals surface area contributed by atoms with Gasteiger partial charge in [0.2, 0.25) is 0 Å². The van der Waals surface area contributed by atoms with Crippen LogP contribution in [0.4, 0.5) is 0 Å². The number of nitrogens with zero attached hydrogens (tertiary/aromatic N) is 1. The van der Waals surface area contributed by atoms with Gasteiger partial charge in [-0.3, -0.25) is 4.79 Å². The van der Waals surface area contributed by atoms with Crippen LogP contribution in [0.25, 0.3) is 0 Å². The maximum Gasteiger partial charge on any atom is 0.257 e. The first kappa shape index (κ1) is 10.2. The Morgan fingerprint density at radius 2 is 2.47 bits per heavy atom. The summed E-state index contributed by atoms with van der Waals surface area (Å²) in [5.74, 6) is 0.136. The predicted molar refractivity (Wildman–Crippen MR) is 54.4 cm³/mol. The van der Waals surface area contributed by atoms with Crippen molar-refractivity contribution in [3.05, 3.63) is 24.2 Å². The third kappa shape index (κ3) is 2.04. The molecule has 2 rings (SSSR count). The smallest absolute Gasteiger partial charge is 0.257 e. The number of aliphatic hydroxyl groups is 1. The number of amides is 1. The van der Waals surface area contributed by atoms with Crippen molar-refractivity contribution in [3.8, 4) is 0 Å². The third-order valence-corrected chi connectivity index (χ3v) is 2.92. The second-order valence-electron chi connectivity index (χ2n) is 4.10. The molecule has 82 valence electrons. The van der Waals surface area contributed by atoms with Gasteiger partial charge in [-0.25, -0.2) is 0 Å². The fourth-order valence-electron chi connectivity index (χ4n) is 1.89. The maximum atomic E-state index is 11.9. The van der Waals surface area contributed by atoms with Crippen molar-refractivity contribution in [1.82, 2.24) is 4.90 Å². The Balaban J connectivity index is 2.03. The Bertz CT molecular complexity index is 334. The molecule has 0 radical (unpaired) electrons. The van der Waals surface area contributed by atoms with Gasteiger partial charge in [-0.2, -0.15) is 0 Å². The first-order valence-corrected chi connectivity index (χ1v) is 5.18. The lowest BCUT2D eigenvalue weighted by Gasteiger charge is -2.34. The van der Waals surface area contributed by atoms with Crippen LogP contribution in [0.2, 0.25) is 0 Å². The van der Waals surface area contributed by atoms with Crippen LogP contribution in [0.15, 0.2) is 23.0 Å². The molecule has 1 aromatic heterocycles. The van der Waals surface area contributed by atoms with Crippen LogP contribution in [0.5, 0.6) is 0 Å². The molecule has 0 aromatic carbocycles. The molecule has 2 unspecified atom stereocenters. The van der Waals surface area contributed by atoms with Gasteiger partial charge in [0.1, 0.15) is 6.26 Å². The summed E-state index contributed by atoms with van der Waals surface area (Å²) in [7, 11) is 0. The van der Waals surface area contributed by atoms with Gasteiger partial charge in [-0.05, 0) is 18.4 Å². The minimum absolute atomic E-state index is 0.0116. The molecule has 2 heterocycles. The fourth-order valence-corrected chi connectivity index (χ4v) is 1.89. The Kier molecular flexibility index (Phi) is 2.77. The van der Waals surface area contributed by atoms with Crippen molar-refractivity contribution in [2.45, 2.75) is 19.4 Å². The first-order chi connectivity index (χ1) is 7.18. The van der Waals surface area contributed by atoms with E-state index in [-0.39, 0.29) is 17.9 Å². The zero-order valence-corrected chi connectivity index (χ0v) is 8.72. The van der Waals surface area contributed by atoms with Gasteiger partial charge in [0, 0.05) is 13.1 Å². The number of piperidine rings is 1. The van der Waals surface area contributed by atoms with Crippen molar-refractivity contribution < 1.29 is 14.3 Å². The van der Waals surface area contributed by atoms with E-state index in [1.54, 1.807) is 11.0 Å². The molecule has 0 bridgehead atoms. The van der Waals surface area contributed by atoms with Crippen LogP contribution in [-0.2, 0) is 0 Å². The van der Waals surface area contributed by atoms with Gasteiger partial charge in [-0.15, -0.1) is 0 Å². The van der Waals surface area contributed by atoms with E-state index in [0.717, 1.165) is 0 Å². The summed E-state index contributed by atoms with van der Waals surface area (Å²) in [4.78, 5) is 13.7. The largest absolute Gasteiger partial charge is 0.472 e. The lowest BCUT2D eigenvalue weighted by molar-refractivity contribution is 0.0297. The van der Waals surface area contributed by atoms with Crippen molar-refractivity contribution in [2.24, 2.45) is 5.92 Å². The van der Waals surface area contributed by atoms with E-state index in [1.165, 1.54) is 12.5 Å². The quantitative estimate of drug-likeness (QED) is 0.754. The van der Waals surface area contributed by atoms with Crippen LogP contribution < -0.4 is 0 Å². The minimum Gasteiger partial charge on any atom is -0.472 e. The number of hydrogen-bond acceptors (Lipinski definition) is 3. The molecule has 15 heavy (non-hydrogen) atoms. The molecule has 0 spiro atoms. The van der Waals surface area contributed by atoms with Gasteiger partial charge in [0.15, 0.2) is 0 Å². The van der Waals surface area contributed by atoms with Crippen LogP contribution in [0.1, 0.15) is 23.7 Å². The van der Waals surface area contributed by atoms with Crippen LogP contribution in [-0.4, -0.2) is 35.1 Å². The normalized spacial score (nSPS) is 26.7. The molecule has 1 aliphatic rings. The van der Waals surface area contributed by atoms with Gasteiger partial charge >= 0.3 is 0 Å². The van der Waals surface area contributed by atoms with Crippen LogP contribution >= 0.6 is 0 Å². The van der Waals surface area contributed by atoms with Gasteiger partial charge in [-0.1, -0.05) is 6.92 Å². The first-order valence-electron chi connectivity index (χ1n) is 5.18. The van der Waals surface area contributed by atoms with E-state index in [4.69, 9.17) is 4.42 Å². The van der Waals surface area contributed by atoms with Crippen molar-refractivity contribution in [1.29, 1.82) is 0 Å². The zero-order valence-electron chi connectivity index (χ0n) is 8.72. The summed E-state index contributed by atoms with van der Waals surface area (Å²) in [6, 6.07) is 1.66. The highest BCUT2D eigenvalue weighted by molar-refractivity contribution is 5.93. The molecule has 1 aliphatic heterocycles. The molecule has 0 saturated carbocycles. The second-order valence-corrected chi connectivity index (χ2v) is 4.10. The van der Waals surface area contributed by atoms with Gasteiger partial charge < -0.3 is 14.4 Å². The minimum atomic E-state index is -0.279. The molecule has 2 atom stereocenters. The number of aliphatic hydroxyl groups excluding tert-OH is 1. The topological polar surface area (TPSA) is 53.7 Å². The van der Waals surface area contributed by atoms with E-state index in [2.05, 4.69) is 0 Å². The number of likely N-dealkylation sites (tertiary alicyclic amines) is 1. The van der Waals surface area contributed by atoms with Crippen molar-refractivity contribution in [2.75, 3.05) is 13.1 Å². The Labute approximate surface area is 88.5 Å². The summed E-state index contributed by atoms with van der Waals surface area (Å²) in [5.41, 5.74) is 0.582. The molecule has 4 heteroatoms. The molecule has 1 saturated heterocycles. The SMILES string of the molecule is CC1CN(C(=O)c2ccoc2)CCC1O. The lowest BCUT2D eigenvalue weighted by atomic mass is 9.96. The van der Waals surface area contributed by atoms with Gasteiger partial charge in [0.25, 0.3) is 5.91 Å². The highest BCUT2D eigenvalue weighted by atomic mass is 16.3. The fraction of sp³-hybridized carbons (Fsp3) is 0.545. The van der Waals surface area contributed by atoms with E-state index in [0.29, 0.717) is 25.1 Å². The molecule has 1 aromatic rings. The molecule has 1 fully saturated rings. The third-order valence-electron chi connectivity index (χ3n) is 2.92. The zero-order chi connectivity index (χ0) is 10.8. The summed E-state index contributed by atoms with van der Waals surface area (Å²) in [5, 5.41) is 9.55. The van der Waals surface area contributed by atoms with E-state index >= 15 is 0 Å². The second kappa shape index (κ2) is 4.06. The van der Waals surface area contributed by atoms with Crippen LogP contribution in [0.3, 0.4) is 0 Å². The monoisotopic (exact) mass is 209 g/mol. The molecule has 1 N–H and O–H groups in total. The number of furan rings is 1. The standard InChI is InChI=1S/C11H15NO3/c1-8-6-12(4-2-10(8)13)11(14)9-3-5-15-7-9/h3,5,7-8,10,13H,2,4,6H2,1H3. The van der Waals surface area contributed by atoms with Crippen molar-refractivity contribution >= 4 is 5.91 Å². The number of rotatable bonds is 1. The number of hydrogen-bond donors (Lipinski definition) is 1. The average molecular weight is 209 g/mol. The van der Waals surface area contributed by atoms with Crippen LogP contribution in [0, 0.1) is 5.92 Å². The highest BCUT2D eigenvalue weighted by Crippen LogP contribution is 2.18. The van der Waals surface area contributed by atoms with E-state index in [9.17, 15) is 9.90 Å². The Morgan fingerprint density at radius 3 is 3.07 bits per heavy atom. The summed E-state index contributed by atoms with van der Waals surface area (Å²) in [6.45, 7) is 3.19. The molecule has 0 aliphatic carbocycles. The van der Waals surface area contributed by atoms with Crippen molar-refractivity contribution in [3.63, 3.8) is 0 Å². The Morgan fingerprint density at radius 1 is 1.67 bits per heavy atom.